The van der Waals surface area contributed by atoms with Crippen molar-refractivity contribution >= 4 is 29.3 Å². The topological polar surface area (TPSA) is 92.5 Å². The zero-order chi connectivity index (χ0) is 18.5. The summed E-state index contributed by atoms with van der Waals surface area (Å²) in [5, 5.41) is 13.4. The number of rotatable bonds is 5. The van der Waals surface area contributed by atoms with Crippen LogP contribution in [0, 0.1) is 10.1 Å². The van der Waals surface area contributed by atoms with E-state index in [1.165, 1.54) is 18.2 Å². The Labute approximate surface area is 150 Å². The van der Waals surface area contributed by atoms with Gasteiger partial charge in [-0.05, 0) is 35.9 Å². The molecule has 0 unspecified atom stereocenters. The SMILES string of the molecule is O=C(/C=C\c1ccc([N+](=O)[O-])cc1)N[C@H]1CC(=O)N(c2ccccc2)C1. The molecule has 2 aromatic rings. The molecule has 26 heavy (non-hydrogen) atoms. The number of nitro groups is 1. The number of nitrogens with one attached hydrogen (secondary N) is 1. The summed E-state index contributed by atoms with van der Waals surface area (Å²) in [7, 11) is 0. The van der Waals surface area contributed by atoms with Crippen LogP contribution < -0.4 is 10.2 Å². The van der Waals surface area contributed by atoms with E-state index < -0.39 is 4.92 Å². The Morgan fingerprint density at radius 3 is 2.50 bits per heavy atom. The summed E-state index contributed by atoms with van der Waals surface area (Å²) < 4.78 is 0. The first-order valence-corrected chi connectivity index (χ1v) is 8.11. The van der Waals surface area contributed by atoms with Crippen molar-refractivity contribution in [3.05, 3.63) is 76.4 Å². The molecule has 1 atom stereocenters. The second kappa shape index (κ2) is 7.60. The zero-order valence-electron chi connectivity index (χ0n) is 13.9. The molecule has 1 aliphatic heterocycles. The van der Waals surface area contributed by atoms with Gasteiger partial charge in [0.25, 0.3) is 5.69 Å². The summed E-state index contributed by atoms with van der Waals surface area (Å²) in [6, 6.07) is 15.0. The smallest absolute Gasteiger partial charge is 0.269 e. The number of hydrogen-bond donors (Lipinski definition) is 1. The van der Waals surface area contributed by atoms with E-state index in [4.69, 9.17) is 0 Å². The summed E-state index contributed by atoms with van der Waals surface area (Å²) in [6.45, 7) is 0.431. The third-order valence-corrected chi connectivity index (χ3v) is 4.07. The summed E-state index contributed by atoms with van der Waals surface area (Å²) in [6.07, 6.45) is 3.19. The van der Waals surface area contributed by atoms with Gasteiger partial charge in [-0.1, -0.05) is 18.2 Å². The van der Waals surface area contributed by atoms with E-state index in [1.54, 1.807) is 23.1 Å². The highest BCUT2D eigenvalue weighted by Gasteiger charge is 2.31. The lowest BCUT2D eigenvalue weighted by atomic mass is 10.2. The molecule has 1 N–H and O–H groups in total. The average molecular weight is 351 g/mol. The Morgan fingerprint density at radius 2 is 1.85 bits per heavy atom. The number of amides is 2. The Kier molecular flexibility index (Phi) is 5.07. The molecule has 0 aliphatic carbocycles. The number of carbonyl (C=O) groups is 2. The average Bonchev–Trinajstić information content (AvgIpc) is 3.01. The number of hydrogen-bond acceptors (Lipinski definition) is 4. The van der Waals surface area contributed by atoms with Gasteiger partial charge in [0.15, 0.2) is 0 Å². The first-order chi connectivity index (χ1) is 12.5. The molecule has 1 fully saturated rings. The van der Waals surface area contributed by atoms with E-state index in [2.05, 4.69) is 5.32 Å². The van der Waals surface area contributed by atoms with Crippen LogP contribution in [0.1, 0.15) is 12.0 Å². The molecule has 2 aromatic carbocycles. The summed E-state index contributed by atoms with van der Waals surface area (Å²) in [5.41, 5.74) is 1.49. The predicted molar refractivity (Wildman–Crippen MR) is 97.5 cm³/mol. The second-order valence-electron chi connectivity index (χ2n) is 5.93. The van der Waals surface area contributed by atoms with E-state index in [-0.39, 0.29) is 30.0 Å². The molecule has 3 rings (SSSR count). The molecule has 0 aromatic heterocycles. The highest BCUT2D eigenvalue weighted by Crippen LogP contribution is 2.21. The van der Waals surface area contributed by atoms with Crippen molar-refractivity contribution in [1.29, 1.82) is 0 Å². The first-order valence-electron chi connectivity index (χ1n) is 8.11. The van der Waals surface area contributed by atoms with Crippen molar-refractivity contribution in [2.45, 2.75) is 12.5 Å². The predicted octanol–water partition coefficient (Wildman–Crippen LogP) is 2.53. The Bertz CT molecular complexity index is 847. The number of para-hydroxylation sites is 1. The zero-order valence-corrected chi connectivity index (χ0v) is 13.9. The largest absolute Gasteiger partial charge is 0.347 e. The van der Waals surface area contributed by atoms with Gasteiger partial charge in [0.1, 0.15) is 0 Å². The highest BCUT2D eigenvalue weighted by molar-refractivity contribution is 5.98. The van der Waals surface area contributed by atoms with Crippen LogP contribution in [-0.2, 0) is 9.59 Å². The number of carbonyl (C=O) groups excluding carboxylic acids is 2. The maximum absolute atomic E-state index is 12.1. The molecular formula is C19H17N3O4. The van der Waals surface area contributed by atoms with Crippen LogP contribution in [0.25, 0.3) is 6.08 Å². The van der Waals surface area contributed by atoms with Crippen LogP contribution in [0.2, 0.25) is 0 Å². The fourth-order valence-corrected chi connectivity index (χ4v) is 2.79. The molecule has 2 amide bonds. The van der Waals surface area contributed by atoms with Crippen molar-refractivity contribution < 1.29 is 14.5 Å². The Morgan fingerprint density at radius 1 is 1.15 bits per heavy atom. The minimum Gasteiger partial charge on any atom is -0.347 e. The molecule has 0 spiro atoms. The molecule has 1 heterocycles. The number of anilines is 1. The van der Waals surface area contributed by atoms with Crippen LogP contribution in [-0.4, -0.2) is 29.3 Å². The lowest BCUT2D eigenvalue weighted by Crippen LogP contribution is -2.36. The van der Waals surface area contributed by atoms with Gasteiger partial charge in [-0.15, -0.1) is 0 Å². The minimum absolute atomic E-state index is 0.00271. The molecule has 7 nitrogen and oxygen atoms in total. The third-order valence-electron chi connectivity index (χ3n) is 4.07. The van der Waals surface area contributed by atoms with Gasteiger partial charge in [0.05, 0.1) is 11.0 Å². The molecule has 0 bridgehead atoms. The molecule has 0 radical (unpaired) electrons. The highest BCUT2D eigenvalue weighted by atomic mass is 16.6. The van der Waals surface area contributed by atoms with Crippen LogP contribution in [0.3, 0.4) is 0 Å². The van der Waals surface area contributed by atoms with E-state index in [9.17, 15) is 19.7 Å². The lowest BCUT2D eigenvalue weighted by molar-refractivity contribution is -0.384. The van der Waals surface area contributed by atoms with Gasteiger partial charge in [-0.3, -0.25) is 19.7 Å². The summed E-state index contributed by atoms with van der Waals surface area (Å²) in [5.74, 6) is -0.336. The van der Waals surface area contributed by atoms with E-state index in [0.29, 0.717) is 12.1 Å². The van der Waals surface area contributed by atoms with Crippen LogP contribution >= 0.6 is 0 Å². The molecular weight excluding hydrogens is 334 g/mol. The van der Waals surface area contributed by atoms with E-state index in [0.717, 1.165) is 5.69 Å². The molecule has 0 saturated carbocycles. The van der Waals surface area contributed by atoms with Crippen LogP contribution in [0.15, 0.2) is 60.7 Å². The minimum atomic E-state index is -0.476. The van der Waals surface area contributed by atoms with E-state index >= 15 is 0 Å². The Balaban J connectivity index is 1.57. The number of nitro benzene ring substituents is 1. The first kappa shape index (κ1) is 17.3. The van der Waals surface area contributed by atoms with Crippen LogP contribution in [0.5, 0.6) is 0 Å². The maximum atomic E-state index is 12.1. The van der Waals surface area contributed by atoms with Crippen molar-refractivity contribution in [3.63, 3.8) is 0 Å². The number of non-ortho nitro benzene ring substituents is 1. The van der Waals surface area contributed by atoms with Crippen molar-refractivity contribution in [1.82, 2.24) is 5.32 Å². The fourth-order valence-electron chi connectivity index (χ4n) is 2.79. The second-order valence-corrected chi connectivity index (χ2v) is 5.93. The lowest BCUT2D eigenvalue weighted by Gasteiger charge is -2.16. The molecule has 132 valence electrons. The molecule has 7 heteroatoms. The standard InChI is InChI=1S/C19H17N3O4/c23-18(11-8-14-6-9-17(10-7-14)22(25)26)20-15-12-19(24)21(13-15)16-4-2-1-3-5-16/h1-11,15H,12-13H2,(H,20,23)/b11-8-/t15-/m0/s1. The van der Waals surface area contributed by atoms with Gasteiger partial charge in [0.2, 0.25) is 11.8 Å². The normalized spacial score (nSPS) is 16.8. The maximum Gasteiger partial charge on any atom is 0.269 e. The van der Waals surface area contributed by atoms with Gasteiger partial charge in [-0.2, -0.15) is 0 Å². The monoisotopic (exact) mass is 351 g/mol. The number of nitrogens with zero attached hydrogens (tertiary/aromatic N) is 2. The van der Waals surface area contributed by atoms with Crippen molar-refractivity contribution in [3.8, 4) is 0 Å². The summed E-state index contributed by atoms with van der Waals surface area (Å²) >= 11 is 0. The fraction of sp³-hybridized carbons (Fsp3) is 0.158. The van der Waals surface area contributed by atoms with Gasteiger partial charge < -0.3 is 10.2 Å². The molecule has 1 saturated heterocycles. The molecule has 1 aliphatic rings. The Hall–Kier alpha value is -3.48. The quantitative estimate of drug-likeness (QED) is 0.509. The van der Waals surface area contributed by atoms with Crippen LogP contribution in [0.4, 0.5) is 11.4 Å². The number of benzene rings is 2. The van der Waals surface area contributed by atoms with Crippen molar-refractivity contribution in [2.24, 2.45) is 0 Å². The van der Waals surface area contributed by atoms with Gasteiger partial charge in [0, 0.05) is 36.9 Å². The van der Waals surface area contributed by atoms with Gasteiger partial charge in [-0.25, -0.2) is 0 Å². The van der Waals surface area contributed by atoms with Gasteiger partial charge >= 0.3 is 0 Å². The third kappa shape index (κ3) is 4.13. The summed E-state index contributed by atoms with van der Waals surface area (Å²) in [4.78, 5) is 36.0. The van der Waals surface area contributed by atoms with Crippen molar-refractivity contribution in [2.75, 3.05) is 11.4 Å². The van der Waals surface area contributed by atoms with E-state index in [1.807, 2.05) is 30.3 Å².